The number of likely N-dealkylation sites (N-methyl/N-ethyl adjacent to an activating group) is 1. The monoisotopic (exact) mass is 391 g/mol. The van der Waals surface area contributed by atoms with Crippen LogP contribution in [0.3, 0.4) is 0 Å². The van der Waals surface area contributed by atoms with Crippen molar-refractivity contribution >= 4 is 5.97 Å². The van der Waals surface area contributed by atoms with Crippen LogP contribution in [0.5, 0.6) is 0 Å². The van der Waals surface area contributed by atoms with Crippen molar-refractivity contribution < 1.29 is 31.2 Å². The van der Waals surface area contributed by atoms with Gasteiger partial charge in [-0.05, 0) is 6.42 Å². The summed E-state index contributed by atoms with van der Waals surface area (Å²) in [6.07, 6.45) is 14.2. The summed E-state index contributed by atoms with van der Waals surface area (Å²) >= 11 is 0. The summed E-state index contributed by atoms with van der Waals surface area (Å²) in [7, 11) is 6.24. The zero-order valence-electron chi connectivity index (χ0n) is 17.6. The molecule has 0 aliphatic heterocycles. The Labute approximate surface area is 168 Å². The number of esters is 1. The lowest BCUT2D eigenvalue weighted by Crippen LogP contribution is -3.00. The van der Waals surface area contributed by atoms with Crippen LogP contribution in [0.4, 0.5) is 0 Å². The number of hydrogen-bond acceptors (Lipinski definition) is 3. The smallest absolute Gasteiger partial charge is 0.330 e. The van der Waals surface area contributed by atoms with Crippen molar-refractivity contribution in [3.63, 3.8) is 0 Å². The van der Waals surface area contributed by atoms with Gasteiger partial charge in [-0.1, -0.05) is 71.3 Å². The Balaban J connectivity index is 0. The van der Waals surface area contributed by atoms with Gasteiger partial charge in [0.05, 0.1) is 27.7 Å². The lowest BCUT2D eigenvalue weighted by atomic mass is 10.1. The SMILES string of the molecule is C=CC(=O)OC(COCCCCCCCCCCCC)C[N+](C)(C)C.[Cl-]. The van der Waals surface area contributed by atoms with Gasteiger partial charge in [-0.3, -0.25) is 0 Å². The number of hydrogen-bond donors (Lipinski definition) is 0. The van der Waals surface area contributed by atoms with Gasteiger partial charge in [0.25, 0.3) is 0 Å². The Bertz CT molecular complexity index is 343. The molecule has 0 radical (unpaired) electrons. The van der Waals surface area contributed by atoms with Crippen LogP contribution in [0.2, 0.25) is 0 Å². The van der Waals surface area contributed by atoms with Gasteiger partial charge in [0.2, 0.25) is 0 Å². The molecule has 0 saturated heterocycles. The highest BCUT2D eigenvalue weighted by atomic mass is 35.5. The Hall–Kier alpha value is -0.580. The van der Waals surface area contributed by atoms with Crippen molar-refractivity contribution in [1.29, 1.82) is 0 Å². The summed E-state index contributed by atoms with van der Waals surface area (Å²) in [6, 6.07) is 0. The molecule has 0 N–H and O–H groups in total. The number of nitrogens with zero attached hydrogens (tertiary/aromatic N) is 1. The molecule has 0 saturated carbocycles. The van der Waals surface area contributed by atoms with E-state index in [4.69, 9.17) is 9.47 Å². The summed E-state index contributed by atoms with van der Waals surface area (Å²) in [5, 5.41) is 0. The largest absolute Gasteiger partial charge is 1.00 e. The van der Waals surface area contributed by atoms with Crippen molar-refractivity contribution in [2.75, 3.05) is 40.9 Å². The minimum Gasteiger partial charge on any atom is -1.00 e. The summed E-state index contributed by atoms with van der Waals surface area (Å²) in [5.74, 6) is -0.374. The van der Waals surface area contributed by atoms with Crippen LogP contribution in [0, 0.1) is 0 Å². The van der Waals surface area contributed by atoms with E-state index in [0.717, 1.165) is 24.1 Å². The molecule has 0 fully saturated rings. The van der Waals surface area contributed by atoms with Gasteiger partial charge >= 0.3 is 5.97 Å². The first-order valence-electron chi connectivity index (χ1n) is 10.1. The lowest BCUT2D eigenvalue weighted by molar-refractivity contribution is -0.873. The first-order valence-corrected chi connectivity index (χ1v) is 10.1. The van der Waals surface area contributed by atoms with Crippen molar-refractivity contribution in [3.8, 4) is 0 Å². The number of quaternary nitrogens is 1. The first-order chi connectivity index (χ1) is 11.9. The van der Waals surface area contributed by atoms with Crippen LogP contribution in [0.15, 0.2) is 12.7 Å². The Morgan fingerprint density at radius 3 is 1.92 bits per heavy atom. The number of rotatable bonds is 17. The minimum absolute atomic E-state index is 0. The van der Waals surface area contributed by atoms with Crippen molar-refractivity contribution in [2.45, 2.75) is 77.2 Å². The fraction of sp³-hybridized carbons (Fsp3) is 0.857. The van der Waals surface area contributed by atoms with E-state index < -0.39 is 0 Å². The highest BCUT2D eigenvalue weighted by Crippen LogP contribution is 2.10. The number of halogens is 1. The molecular weight excluding hydrogens is 350 g/mol. The average Bonchev–Trinajstić information content (AvgIpc) is 2.54. The van der Waals surface area contributed by atoms with E-state index >= 15 is 0 Å². The Morgan fingerprint density at radius 2 is 1.46 bits per heavy atom. The second-order valence-electron chi connectivity index (χ2n) is 7.99. The predicted molar refractivity (Wildman–Crippen MR) is 106 cm³/mol. The van der Waals surface area contributed by atoms with E-state index in [-0.39, 0.29) is 24.5 Å². The molecule has 1 atom stereocenters. The molecule has 26 heavy (non-hydrogen) atoms. The topological polar surface area (TPSA) is 35.5 Å². The van der Waals surface area contributed by atoms with Gasteiger partial charge in [-0.15, -0.1) is 0 Å². The van der Waals surface area contributed by atoms with Gasteiger partial charge in [0.15, 0.2) is 6.10 Å². The number of carbonyl (C=O) groups is 1. The maximum absolute atomic E-state index is 11.4. The van der Waals surface area contributed by atoms with Gasteiger partial charge < -0.3 is 26.4 Å². The van der Waals surface area contributed by atoms with Gasteiger partial charge in [0, 0.05) is 12.7 Å². The van der Waals surface area contributed by atoms with Crippen molar-refractivity contribution in [1.82, 2.24) is 0 Å². The molecule has 156 valence electrons. The van der Waals surface area contributed by atoms with Gasteiger partial charge in [-0.25, -0.2) is 4.79 Å². The fourth-order valence-corrected chi connectivity index (χ4v) is 2.85. The van der Waals surface area contributed by atoms with Crippen LogP contribution < -0.4 is 12.4 Å². The van der Waals surface area contributed by atoms with E-state index in [1.165, 1.54) is 63.9 Å². The highest BCUT2D eigenvalue weighted by Gasteiger charge is 2.21. The van der Waals surface area contributed by atoms with E-state index in [1.807, 2.05) is 0 Å². The summed E-state index contributed by atoms with van der Waals surface area (Å²) < 4.78 is 11.8. The van der Waals surface area contributed by atoms with Crippen LogP contribution in [-0.2, 0) is 14.3 Å². The second kappa shape index (κ2) is 17.8. The molecule has 0 aromatic heterocycles. The average molecular weight is 392 g/mol. The molecule has 0 aliphatic rings. The Morgan fingerprint density at radius 1 is 0.962 bits per heavy atom. The zero-order chi connectivity index (χ0) is 19.0. The maximum atomic E-state index is 11.4. The summed E-state index contributed by atoms with van der Waals surface area (Å²) in [6.45, 7) is 7.66. The number of unbranched alkanes of at least 4 members (excludes halogenated alkanes) is 9. The molecule has 0 bridgehead atoms. The van der Waals surface area contributed by atoms with Crippen LogP contribution in [0.1, 0.15) is 71.1 Å². The third-order valence-electron chi connectivity index (χ3n) is 4.15. The molecule has 4 nitrogen and oxygen atoms in total. The van der Waals surface area contributed by atoms with Gasteiger partial charge in [-0.2, -0.15) is 0 Å². The van der Waals surface area contributed by atoms with Crippen LogP contribution in [-0.4, -0.2) is 57.5 Å². The molecule has 0 rings (SSSR count). The van der Waals surface area contributed by atoms with E-state index in [1.54, 1.807) is 0 Å². The van der Waals surface area contributed by atoms with Crippen molar-refractivity contribution in [2.24, 2.45) is 0 Å². The molecule has 0 spiro atoms. The Kier molecular flexibility index (Phi) is 18.9. The van der Waals surface area contributed by atoms with E-state index in [0.29, 0.717) is 6.61 Å². The quantitative estimate of drug-likeness (QED) is 0.164. The normalized spacial score (nSPS) is 12.3. The molecule has 0 amide bonds. The lowest BCUT2D eigenvalue weighted by Gasteiger charge is -2.28. The first kappa shape index (κ1) is 27.6. The molecule has 0 aromatic rings. The molecule has 5 heteroatoms. The molecular formula is C21H42ClNO3. The molecule has 0 aromatic carbocycles. The molecule has 1 unspecified atom stereocenters. The number of ether oxygens (including phenoxy) is 2. The standard InChI is InChI=1S/C21H42NO3.ClH/c1-6-8-9-10-11-12-13-14-15-16-17-24-19-20(18-22(3,4)5)25-21(23)7-2;/h7,20H,2,6,8-19H2,1,3-5H3;1H/q+1;/p-1. The third-order valence-corrected chi connectivity index (χ3v) is 4.15. The summed E-state index contributed by atoms with van der Waals surface area (Å²) in [4.78, 5) is 11.4. The van der Waals surface area contributed by atoms with E-state index in [9.17, 15) is 4.79 Å². The highest BCUT2D eigenvalue weighted by molar-refractivity contribution is 5.81. The predicted octanol–water partition coefficient (Wildman–Crippen LogP) is 1.73. The van der Waals surface area contributed by atoms with Crippen LogP contribution >= 0.6 is 0 Å². The van der Waals surface area contributed by atoms with Crippen LogP contribution in [0.25, 0.3) is 0 Å². The second-order valence-corrected chi connectivity index (χ2v) is 7.99. The fourth-order valence-electron chi connectivity index (χ4n) is 2.85. The summed E-state index contributed by atoms with van der Waals surface area (Å²) in [5.41, 5.74) is 0. The molecule has 0 heterocycles. The van der Waals surface area contributed by atoms with Gasteiger partial charge in [0.1, 0.15) is 6.54 Å². The minimum atomic E-state index is -0.374. The number of carbonyl (C=O) groups excluding carboxylic acids is 1. The maximum Gasteiger partial charge on any atom is 0.330 e. The molecule has 0 aliphatic carbocycles. The zero-order valence-corrected chi connectivity index (χ0v) is 18.4. The van der Waals surface area contributed by atoms with Crippen molar-refractivity contribution in [3.05, 3.63) is 12.7 Å². The van der Waals surface area contributed by atoms with E-state index in [2.05, 4.69) is 34.6 Å². The third kappa shape index (κ3) is 19.7.